The molecule has 0 aliphatic carbocycles. The lowest BCUT2D eigenvalue weighted by Gasteiger charge is -2.29. The van der Waals surface area contributed by atoms with Crippen molar-refractivity contribution in [1.29, 1.82) is 0 Å². The van der Waals surface area contributed by atoms with Crippen LogP contribution < -0.4 is 15.4 Å². The van der Waals surface area contributed by atoms with Crippen molar-refractivity contribution in [2.45, 2.75) is 44.2 Å². The van der Waals surface area contributed by atoms with Crippen molar-refractivity contribution in [2.75, 3.05) is 7.11 Å². The van der Waals surface area contributed by atoms with Crippen molar-refractivity contribution in [2.24, 2.45) is 0 Å². The van der Waals surface area contributed by atoms with E-state index in [1.165, 1.54) is 16.3 Å². The number of nitrogens with one attached hydrogen (secondary N) is 2. The summed E-state index contributed by atoms with van der Waals surface area (Å²) in [5.41, 5.74) is 2.51. The average molecular weight is 483 g/mol. The van der Waals surface area contributed by atoms with E-state index in [-0.39, 0.29) is 11.8 Å². The maximum absolute atomic E-state index is 12.7. The summed E-state index contributed by atoms with van der Waals surface area (Å²) in [5, 5.41) is 13.0. The first kappa shape index (κ1) is 23.6. The van der Waals surface area contributed by atoms with Crippen LogP contribution in [0, 0.1) is 0 Å². The van der Waals surface area contributed by atoms with Crippen LogP contribution in [-0.2, 0) is 22.6 Å². The van der Waals surface area contributed by atoms with Gasteiger partial charge in [0.1, 0.15) is 11.4 Å². The van der Waals surface area contributed by atoms with Gasteiger partial charge in [0.15, 0.2) is 0 Å². The van der Waals surface area contributed by atoms with E-state index in [1.54, 1.807) is 18.0 Å². The quantitative estimate of drug-likeness (QED) is 0.372. The summed E-state index contributed by atoms with van der Waals surface area (Å²) in [6.45, 7) is 0.387. The Hall–Kier alpha value is -4.13. The highest BCUT2D eigenvalue weighted by atomic mass is 16.5. The van der Waals surface area contributed by atoms with Crippen LogP contribution in [0.15, 0.2) is 79.1 Å². The number of amides is 2. The van der Waals surface area contributed by atoms with Crippen molar-refractivity contribution in [1.82, 2.24) is 20.4 Å². The fourth-order valence-electron chi connectivity index (χ4n) is 4.97. The highest BCUT2D eigenvalue weighted by molar-refractivity contribution is 5.83. The summed E-state index contributed by atoms with van der Waals surface area (Å²) in [6.07, 6.45) is 6.51. The molecule has 36 heavy (non-hydrogen) atoms. The molecule has 0 unspecified atom stereocenters. The Labute approximate surface area is 210 Å². The Morgan fingerprint density at radius 2 is 1.89 bits per heavy atom. The fourth-order valence-corrected chi connectivity index (χ4v) is 4.97. The molecule has 2 amide bonds. The van der Waals surface area contributed by atoms with E-state index in [0.717, 1.165) is 23.4 Å². The van der Waals surface area contributed by atoms with Crippen LogP contribution in [-0.4, -0.2) is 34.2 Å². The molecule has 1 aliphatic heterocycles. The lowest BCUT2D eigenvalue weighted by Crippen LogP contribution is -2.44. The van der Waals surface area contributed by atoms with Gasteiger partial charge in [-0.3, -0.25) is 9.59 Å². The molecule has 1 saturated heterocycles. The number of nitrogens with zero attached hydrogens (tertiary/aromatic N) is 2. The second-order valence-electron chi connectivity index (χ2n) is 9.43. The van der Waals surface area contributed by atoms with Crippen LogP contribution in [0.1, 0.15) is 36.8 Å². The van der Waals surface area contributed by atoms with Crippen LogP contribution >= 0.6 is 0 Å². The van der Waals surface area contributed by atoms with E-state index in [9.17, 15) is 9.59 Å². The van der Waals surface area contributed by atoms with Gasteiger partial charge in [0.2, 0.25) is 11.8 Å². The maximum Gasteiger partial charge on any atom is 0.220 e. The van der Waals surface area contributed by atoms with Crippen LogP contribution in [0.5, 0.6) is 5.75 Å². The highest BCUT2D eigenvalue weighted by Crippen LogP contribution is 2.30. The van der Waals surface area contributed by atoms with Gasteiger partial charge in [-0.2, -0.15) is 5.10 Å². The molecule has 1 aliphatic rings. The van der Waals surface area contributed by atoms with Gasteiger partial charge in [-0.15, -0.1) is 0 Å². The molecule has 0 radical (unpaired) electrons. The van der Waals surface area contributed by atoms with E-state index >= 15 is 0 Å². The van der Waals surface area contributed by atoms with Gasteiger partial charge in [-0.25, -0.2) is 4.68 Å². The Morgan fingerprint density at radius 3 is 2.69 bits per heavy atom. The molecule has 2 heterocycles. The largest absolute Gasteiger partial charge is 0.494 e. The predicted octanol–water partition coefficient (Wildman–Crippen LogP) is 4.32. The number of ether oxygens (including phenoxy) is 1. The minimum absolute atomic E-state index is 0.0425. The SMILES string of the molecule is COc1ccccc1-n1cc(CNC(=O)CC[C@@]2(Cc3ccc4ccccc4c3)CCC(=O)N2)cn1. The van der Waals surface area contributed by atoms with Crippen molar-refractivity contribution < 1.29 is 14.3 Å². The Bertz CT molecular complexity index is 1400. The summed E-state index contributed by atoms with van der Waals surface area (Å²) < 4.78 is 7.15. The van der Waals surface area contributed by atoms with E-state index in [2.05, 4.69) is 46.1 Å². The van der Waals surface area contributed by atoms with Crippen LogP contribution in [0.25, 0.3) is 16.5 Å². The average Bonchev–Trinajstić information content (AvgIpc) is 3.53. The van der Waals surface area contributed by atoms with Gasteiger partial charge < -0.3 is 15.4 Å². The minimum Gasteiger partial charge on any atom is -0.494 e. The first-order valence-electron chi connectivity index (χ1n) is 12.3. The van der Waals surface area contributed by atoms with Gasteiger partial charge in [-0.05, 0) is 47.7 Å². The molecule has 0 bridgehead atoms. The Balaban J connectivity index is 1.20. The molecule has 7 heteroatoms. The summed E-state index contributed by atoms with van der Waals surface area (Å²) >= 11 is 0. The topological polar surface area (TPSA) is 85.2 Å². The highest BCUT2D eigenvalue weighted by Gasteiger charge is 2.37. The normalized spacial score (nSPS) is 17.2. The lowest BCUT2D eigenvalue weighted by atomic mass is 9.84. The van der Waals surface area contributed by atoms with Crippen molar-refractivity contribution in [3.8, 4) is 11.4 Å². The van der Waals surface area contributed by atoms with Gasteiger partial charge in [0.05, 0.1) is 13.3 Å². The molecule has 0 spiro atoms. The summed E-state index contributed by atoms with van der Waals surface area (Å²) in [4.78, 5) is 24.9. The van der Waals surface area contributed by atoms with E-state index in [4.69, 9.17) is 4.74 Å². The first-order valence-corrected chi connectivity index (χ1v) is 12.3. The number of hydrogen-bond donors (Lipinski definition) is 2. The number of carbonyl (C=O) groups is 2. The lowest BCUT2D eigenvalue weighted by molar-refractivity contribution is -0.122. The van der Waals surface area contributed by atoms with E-state index in [1.807, 2.05) is 42.6 Å². The van der Waals surface area contributed by atoms with Gasteiger partial charge in [0.25, 0.3) is 0 Å². The zero-order valence-electron chi connectivity index (χ0n) is 20.4. The van der Waals surface area contributed by atoms with E-state index < -0.39 is 5.54 Å². The maximum atomic E-state index is 12.7. The number of para-hydroxylation sites is 2. The zero-order valence-corrected chi connectivity index (χ0v) is 20.4. The molecule has 7 nitrogen and oxygen atoms in total. The first-order chi connectivity index (χ1) is 17.5. The number of rotatable bonds is 9. The number of fused-ring (bicyclic) bond motifs is 1. The molecule has 3 aromatic carbocycles. The molecule has 0 saturated carbocycles. The van der Waals surface area contributed by atoms with Crippen molar-refractivity contribution in [3.05, 3.63) is 90.3 Å². The predicted molar refractivity (Wildman–Crippen MR) is 139 cm³/mol. The molecule has 2 N–H and O–H groups in total. The van der Waals surface area contributed by atoms with E-state index in [0.29, 0.717) is 32.2 Å². The standard InChI is InChI=1S/C29H30N4O3/c1-36-26-9-5-4-8-25(26)33-20-22(19-31-33)18-30-27(34)12-14-29(15-13-28(35)32-29)17-21-10-11-23-6-2-3-7-24(23)16-21/h2-11,16,19-20H,12-15,17-18H2,1H3,(H,30,34)(H,32,35)/t29-/m0/s1. The second kappa shape index (κ2) is 10.2. The van der Waals surface area contributed by atoms with Crippen LogP contribution in [0.2, 0.25) is 0 Å². The third-order valence-corrected chi connectivity index (χ3v) is 6.88. The summed E-state index contributed by atoms with van der Waals surface area (Å²) in [5.74, 6) is 0.741. The van der Waals surface area contributed by atoms with Gasteiger partial charge in [0, 0.05) is 36.7 Å². The van der Waals surface area contributed by atoms with Gasteiger partial charge >= 0.3 is 0 Å². The Kier molecular flexibility index (Phi) is 6.71. The van der Waals surface area contributed by atoms with Crippen molar-refractivity contribution in [3.63, 3.8) is 0 Å². The number of carbonyl (C=O) groups excluding carboxylic acids is 2. The second-order valence-corrected chi connectivity index (χ2v) is 9.43. The number of benzene rings is 3. The molecule has 4 aromatic rings. The van der Waals surface area contributed by atoms with Crippen LogP contribution in [0.4, 0.5) is 0 Å². The number of aromatic nitrogens is 2. The number of hydrogen-bond acceptors (Lipinski definition) is 4. The minimum atomic E-state index is -0.397. The molecular weight excluding hydrogens is 452 g/mol. The smallest absolute Gasteiger partial charge is 0.220 e. The van der Waals surface area contributed by atoms with Gasteiger partial charge in [-0.1, -0.05) is 54.6 Å². The number of methoxy groups -OCH3 is 1. The zero-order chi connectivity index (χ0) is 25.0. The third-order valence-electron chi connectivity index (χ3n) is 6.88. The van der Waals surface area contributed by atoms with Crippen LogP contribution in [0.3, 0.4) is 0 Å². The monoisotopic (exact) mass is 482 g/mol. The molecule has 1 fully saturated rings. The fraction of sp³-hybridized carbons (Fsp3) is 0.276. The molecular formula is C29H30N4O3. The molecule has 184 valence electrons. The molecule has 1 atom stereocenters. The molecule has 5 rings (SSSR count). The summed E-state index contributed by atoms with van der Waals surface area (Å²) in [6, 6.07) is 22.3. The summed E-state index contributed by atoms with van der Waals surface area (Å²) in [7, 11) is 1.63. The molecule has 1 aromatic heterocycles. The van der Waals surface area contributed by atoms with Crippen molar-refractivity contribution >= 4 is 22.6 Å². The Morgan fingerprint density at radius 1 is 1.08 bits per heavy atom. The third kappa shape index (κ3) is 5.25.